The van der Waals surface area contributed by atoms with Crippen LogP contribution in [0, 0.1) is 0 Å². The maximum absolute atomic E-state index is 11.6. The van der Waals surface area contributed by atoms with Crippen molar-refractivity contribution in [1.29, 1.82) is 0 Å². The van der Waals surface area contributed by atoms with E-state index in [2.05, 4.69) is 33.0 Å². The van der Waals surface area contributed by atoms with E-state index in [1.165, 1.54) is 0 Å². The lowest BCUT2D eigenvalue weighted by Crippen LogP contribution is -2.34. The van der Waals surface area contributed by atoms with Crippen molar-refractivity contribution in [3.05, 3.63) is 28.8 Å². The van der Waals surface area contributed by atoms with Crippen molar-refractivity contribution in [2.24, 2.45) is 0 Å². The smallest absolute Gasteiger partial charge is 0.231 e. The predicted octanol–water partition coefficient (Wildman–Crippen LogP) is 3.67. The van der Waals surface area contributed by atoms with E-state index >= 15 is 0 Å². The summed E-state index contributed by atoms with van der Waals surface area (Å²) in [6.07, 6.45) is 0. The molecule has 20 heavy (non-hydrogen) atoms. The lowest BCUT2D eigenvalue weighted by Gasteiger charge is -2.27. The summed E-state index contributed by atoms with van der Waals surface area (Å²) in [7, 11) is 0. The van der Waals surface area contributed by atoms with Crippen molar-refractivity contribution >= 4 is 17.7 Å². The molecule has 2 N–H and O–H groups in total. The lowest BCUT2D eigenvalue weighted by atomic mass is 9.89. The van der Waals surface area contributed by atoms with Crippen LogP contribution in [-0.2, 0) is 9.67 Å². The van der Waals surface area contributed by atoms with Gasteiger partial charge in [0.25, 0.3) is 0 Å². The van der Waals surface area contributed by atoms with E-state index in [-0.39, 0.29) is 17.7 Å². The second-order valence-corrected chi connectivity index (χ2v) is 7.58. The number of hydrogen-bond donors (Lipinski definition) is 2. The molecule has 1 fully saturated rings. The number of phenols is 1. The number of carbonyl (C=O) groups excluding carboxylic acids is 1. The Kier molecular flexibility index (Phi) is 4.05. The Hall–Kier alpha value is -1.16. The first-order chi connectivity index (χ1) is 9.24. The van der Waals surface area contributed by atoms with Crippen molar-refractivity contribution in [3.8, 4) is 5.75 Å². The third-order valence-electron chi connectivity index (χ3n) is 3.83. The van der Waals surface area contributed by atoms with Gasteiger partial charge in [0, 0.05) is 0 Å². The molecule has 1 saturated heterocycles. The maximum atomic E-state index is 11.6. The predicted molar refractivity (Wildman–Crippen MR) is 84.2 cm³/mol. The second-order valence-electron chi connectivity index (χ2n) is 6.18. The molecule has 0 bridgehead atoms. The van der Waals surface area contributed by atoms with Gasteiger partial charge < -0.3 is 10.4 Å². The highest BCUT2D eigenvalue weighted by molar-refractivity contribution is 8.01. The average Bonchev–Trinajstić information content (AvgIpc) is 2.69. The van der Waals surface area contributed by atoms with Gasteiger partial charge in [-0.05, 0) is 47.6 Å². The van der Waals surface area contributed by atoms with Crippen molar-refractivity contribution < 1.29 is 9.90 Å². The molecule has 4 heteroatoms. The topological polar surface area (TPSA) is 49.3 Å². The van der Waals surface area contributed by atoms with E-state index < -0.39 is 4.87 Å². The number of rotatable bonds is 3. The van der Waals surface area contributed by atoms with E-state index in [9.17, 15) is 9.90 Å². The minimum absolute atomic E-state index is 0.0720. The van der Waals surface area contributed by atoms with Crippen LogP contribution in [0.3, 0.4) is 0 Å². The Morgan fingerprint density at radius 3 is 2.05 bits per heavy atom. The number of amides is 1. The first-order valence-corrected chi connectivity index (χ1v) is 8.05. The van der Waals surface area contributed by atoms with Crippen molar-refractivity contribution in [3.63, 3.8) is 0 Å². The number of aromatic hydroxyl groups is 1. The van der Waals surface area contributed by atoms with E-state index in [1.807, 2.05) is 19.1 Å². The third kappa shape index (κ3) is 2.66. The summed E-state index contributed by atoms with van der Waals surface area (Å²) in [6.45, 7) is 10.3. The highest BCUT2D eigenvalue weighted by Gasteiger charge is 2.36. The Bertz CT molecular complexity index is 510. The molecule has 1 aromatic rings. The van der Waals surface area contributed by atoms with Gasteiger partial charge in [-0.3, -0.25) is 4.79 Å². The fraction of sp³-hybridized carbons (Fsp3) is 0.562. The Labute approximate surface area is 125 Å². The van der Waals surface area contributed by atoms with Gasteiger partial charge in [-0.15, -0.1) is 11.8 Å². The van der Waals surface area contributed by atoms with Crippen molar-refractivity contribution in [2.75, 3.05) is 5.75 Å². The highest BCUT2D eigenvalue weighted by Crippen LogP contribution is 2.43. The van der Waals surface area contributed by atoms with Crippen LogP contribution >= 0.6 is 11.8 Å². The zero-order valence-electron chi connectivity index (χ0n) is 12.8. The van der Waals surface area contributed by atoms with Gasteiger partial charge in [-0.1, -0.05) is 27.7 Å². The number of hydrogen-bond acceptors (Lipinski definition) is 3. The fourth-order valence-corrected chi connectivity index (χ4v) is 3.50. The van der Waals surface area contributed by atoms with Gasteiger partial charge in [-0.2, -0.15) is 0 Å². The number of carbonyl (C=O) groups is 1. The van der Waals surface area contributed by atoms with E-state index in [4.69, 9.17) is 0 Å². The van der Waals surface area contributed by atoms with Crippen LogP contribution in [0.1, 0.15) is 63.1 Å². The molecule has 1 aliphatic heterocycles. The molecular weight excluding hydrogens is 270 g/mol. The molecule has 0 radical (unpaired) electrons. The molecule has 2 rings (SSSR count). The number of nitrogens with one attached hydrogen (secondary N) is 1. The Balaban J connectivity index is 2.57. The fourth-order valence-electron chi connectivity index (χ4n) is 2.54. The number of benzene rings is 1. The number of thioether (sulfide) groups is 1. The van der Waals surface area contributed by atoms with E-state index in [0.29, 0.717) is 11.5 Å². The lowest BCUT2D eigenvalue weighted by molar-refractivity contribution is -0.118. The molecule has 1 atom stereocenters. The molecule has 0 spiro atoms. The molecule has 1 amide bonds. The molecule has 1 aliphatic rings. The molecule has 110 valence electrons. The van der Waals surface area contributed by atoms with Crippen LogP contribution in [0.15, 0.2) is 12.1 Å². The summed E-state index contributed by atoms with van der Waals surface area (Å²) in [5, 5.41) is 13.5. The SMILES string of the molecule is CC(C)c1cc(C2(C)NC(=O)CS2)cc(C(C)C)c1O. The van der Waals surface area contributed by atoms with Crippen LogP contribution in [-0.4, -0.2) is 16.8 Å². The van der Waals surface area contributed by atoms with Gasteiger partial charge in [0.05, 0.1) is 5.75 Å². The summed E-state index contributed by atoms with van der Waals surface area (Å²) < 4.78 is 0. The van der Waals surface area contributed by atoms with Gasteiger partial charge in [0.2, 0.25) is 5.91 Å². The molecule has 1 aromatic carbocycles. The summed E-state index contributed by atoms with van der Waals surface area (Å²) >= 11 is 1.61. The Morgan fingerprint density at radius 1 is 1.20 bits per heavy atom. The van der Waals surface area contributed by atoms with E-state index in [0.717, 1.165) is 16.7 Å². The van der Waals surface area contributed by atoms with Crippen LogP contribution in [0.5, 0.6) is 5.75 Å². The van der Waals surface area contributed by atoms with E-state index in [1.54, 1.807) is 11.8 Å². The minimum atomic E-state index is -0.391. The zero-order valence-corrected chi connectivity index (χ0v) is 13.6. The second kappa shape index (κ2) is 5.32. The maximum Gasteiger partial charge on any atom is 0.231 e. The van der Waals surface area contributed by atoms with Gasteiger partial charge in [0.15, 0.2) is 0 Å². The quantitative estimate of drug-likeness (QED) is 0.894. The summed E-state index contributed by atoms with van der Waals surface area (Å²) in [5.74, 6) is 1.46. The van der Waals surface area contributed by atoms with Crippen LogP contribution < -0.4 is 5.32 Å². The molecule has 3 nitrogen and oxygen atoms in total. The zero-order chi connectivity index (χ0) is 15.1. The summed E-state index contributed by atoms with van der Waals surface area (Å²) in [6, 6.07) is 4.06. The molecule has 0 aliphatic carbocycles. The van der Waals surface area contributed by atoms with Crippen LogP contribution in [0.2, 0.25) is 0 Å². The van der Waals surface area contributed by atoms with Gasteiger partial charge in [-0.25, -0.2) is 0 Å². The van der Waals surface area contributed by atoms with Gasteiger partial charge in [0.1, 0.15) is 10.6 Å². The number of phenolic OH excluding ortho intramolecular Hbond substituents is 1. The molecule has 1 unspecified atom stereocenters. The third-order valence-corrected chi connectivity index (χ3v) is 5.16. The van der Waals surface area contributed by atoms with Crippen LogP contribution in [0.4, 0.5) is 0 Å². The van der Waals surface area contributed by atoms with Crippen LogP contribution in [0.25, 0.3) is 0 Å². The molecule has 0 aromatic heterocycles. The summed E-state index contributed by atoms with van der Waals surface area (Å²) in [4.78, 5) is 11.2. The molecule has 0 saturated carbocycles. The standard InChI is InChI=1S/C16H23NO2S/c1-9(2)12-6-11(7-13(10(3)4)15(12)19)16(5)17-14(18)8-20-16/h6-7,9-10,19H,8H2,1-5H3,(H,17,18). The van der Waals surface area contributed by atoms with Crippen molar-refractivity contribution in [2.45, 2.75) is 51.3 Å². The normalized spacial score (nSPS) is 22.6. The minimum Gasteiger partial charge on any atom is -0.507 e. The van der Waals surface area contributed by atoms with Gasteiger partial charge >= 0.3 is 0 Å². The first kappa shape index (κ1) is 15.2. The monoisotopic (exact) mass is 293 g/mol. The molecule has 1 heterocycles. The Morgan fingerprint density at radius 2 is 1.70 bits per heavy atom. The first-order valence-electron chi connectivity index (χ1n) is 7.07. The molecular formula is C16H23NO2S. The largest absolute Gasteiger partial charge is 0.507 e. The average molecular weight is 293 g/mol. The highest BCUT2D eigenvalue weighted by atomic mass is 32.2. The summed E-state index contributed by atoms with van der Waals surface area (Å²) in [5.41, 5.74) is 2.97. The van der Waals surface area contributed by atoms with Crippen molar-refractivity contribution in [1.82, 2.24) is 5.32 Å².